The maximum Gasteiger partial charge on any atom is 0.130 e. The van der Waals surface area contributed by atoms with Crippen molar-refractivity contribution in [2.45, 2.75) is 58.4 Å². The highest BCUT2D eigenvalue weighted by Crippen LogP contribution is 2.57. The van der Waals surface area contributed by atoms with Crippen molar-refractivity contribution >= 4 is 11.6 Å². The zero-order valence-corrected chi connectivity index (χ0v) is 14.3. The van der Waals surface area contributed by atoms with Crippen molar-refractivity contribution in [2.24, 2.45) is 24.8 Å². The van der Waals surface area contributed by atoms with Crippen LogP contribution in [0, 0.1) is 24.7 Å². The lowest BCUT2D eigenvalue weighted by molar-refractivity contribution is 0.427. The molecule has 3 nitrogen and oxygen atoms in total. The second-order valence-corrected chi connectivity index (χ2v) is 7.29. The van der Waals surface area contributed by atoms with Gasteiger partial charge in [-0.1, -0.05) is 31.4 Å². The van der Waals surface area contributed by atoms with Gasteiger partial charge in [-0.15, -0.1) is 0 Å². The average molecular weight is 310 g/mol. The Morgan fingerprint density at radius 1 is 1.33 bits per heavy atom. The van der Waals surface area contributed by atoms with Crippen LogP contribution in [-0.4, -0.2) is 22.4 Å². The molecule has 0 radical (unpaired) electrons. The summed E-state index contributed by atoms with van der Waals surface area (Å²) in [6.07, 6.45) is 7.99. The van der Waals surface area contributed by atoms with E-state index in [0.717, 1.165) is 41.6 Å². The number of aryl methyl sites for hydroxylation is 2. The molecular weight excluding hydrogens is 282 g/mol. The molecule has 2 saturated carbocycles. The lowest BCUT2D eigenvalue weighted by atomic mass is 10.00. The molecule has 2 aliphatic rings. The van der Waals surface area contributed by atoms with Crippen LogP contribution in [-0.2, 0) is 13.5 Å². The van der Waals surface area contributed by atoms with E-state index in [1.165, 1.54) is 37.7 Å². The number of aromatic nitrogens is 2. The summed E-state index contributed by atoms with van der Waals surface area (Å²) in [5, 5.41) is 9.09. The SMILES string of the molecule is CCCNC(Cc1c(C)nn(C)c1Cl)C1C2CCCCC21. The first-order valence-corrected chi connectivity index (χ1v) is 8.92. The van der Waals surface area contributed by atoms with Crippen molar-refractivity contribution in [2.75, 3.05) is 6.54 Å². The third-order valence-corrected chi connectivity index (χ3v) is 6.01. The van der Waals surface area contributed by atoms with Crippen LogP contribution in [0.15, 0.2) is 0 Å². The maximum absolute atomic E-state index is 6.44. The maximum atomic E-state index is 6.44. The summed E-state index contributed by atoms with van der Waals surface area (Å²) in [5.74, 6) is 2.82. The molecule has 4 heteroatoms. The van der Waals surface area contributed by atoms with Crippen LogP contribution in [0.5, 0.6) is 0 Å². The molecule has 0 amide bonds. The first-order chi connectivity index (χ1) is 10.1. The van der Waals surface area contributed by atoms with E-state index >= 15 is 0 Å². The van der Waals surface area contributed by atoms with Crippen molar-refractivity contribution in [1.82, 2.24) is 15.1 Å². The van der Waals surface area contributed by atoms with Crippen molar-refractivity contribution in [3.05, 3.63) is 16.4 Å². The highest BCUT2D eigenvalue weighted by Gasteiger charge is 2.53. The predicted octanol–water partition coefficient (Wildman–Crippen LogP) is 3.73. The van der Waals surface area contributed by atoms with E-state index in [4.69, 9.17) is 11.6 Å². The Kier molecular flexibility index (Phi) is 4.60. The van der Waals surface area contributed by atoms with Crippen LogP contribution in [0.25, 0.3) is 0 Å². The molecule has 2 fully saturated rings. The van der Waals surface area contributed by atoms with E-state index in [-0.39, 0.29) is 0 Å². The van der Waals surface area contributed by atoms with Crippen LogP contribution in [0.2, 0.25) is 5.15 Å². The Morgan fingerprint density at radius 3 is 2.52 bits per heavy atom. The molecule has 3 unspecified atom stereocenters. The Morgan fingerprint density at radius 2 is 2.00 bits per heavy atom. The van der Waals surface area contributed by atoms with Gasteiger partial charge in [-0.2, -0.15) is 5.10 Å². The molecule has 1 N–H and O–H groups in total. The van der Waals surface area contributed by atoms with Crippen LogP contribution in [0.3, 0.4) is 0 Å². The van der Waals surface area contributed by atoms with Gasteiger partial charge in [-0.25, -0.2) is 0 Å². The van der Waals surface area contributed by atoms with Gasteiger partial charge in [-0.3, -0.25) is 4.68 Å². The van der Waals surface area contributed by atoms with E-state index in [1.807, 2.05) is 11.7 Å². The van der Waals surface area contributed by atoms with Crippen LogP contribution >= 0.6 is 11.6 Å². The quantitative estimate of drug-likeness (QED) is 0.868. The lowest BCUT2D eigenvalue weighted by Gasteiger charge is -2.19. The van der Waals surface area contributed by atoms with Crippen LogP contribution < -0.4 is 5.32 Å². The molecule has 0 bridgehead atoms. The number of rotatable bonds is 6. The smallest absolute Gasteiger partial charge is 0.130 e. The molecule has 21 heavy (non-hydrogen) atoms. The normalized spacial score (nSPS) is 29.2. The molecule has 0 saturated heterocycles. The Balaban J connectivity index is 1.73. The Bertz CT molecular complexity index is 484. The molecule has 3 atom stereocenters. The van der Waals surface area contributed by atoms with E-state index in [1.54, 1.807) is 0 Å². The topological polar surface area (TPSA) is 29.9 Å². The average Bonchev–Trinajstić information content (AvgIpc) is 3.15. The zero-order chi connectivity index (χ0) is 15.0. The second kappa shape index (κ2) is 6.29. The fourth-order valence-corrected chi connectivity index (χ4v) is 4.70. The fourth-order valence-electron chi connectivity index (χ4n) is 4.44. The number of fused-ring (bicyclic) bond motifs is 1. The van der Waals surface area contributed by atoms with Crippen molar-refractivity contribution in [3.63, 3.8) is 0 Å². The summed E-state index contributed by atoms with van der Waals surface area (Å²) in [5.41, 5.74) is 2.34. The first-order valence-electron chi connectivity index (χ1n) is 8.54. The Hall–Kier alpha value is -0.540. The summed E-state index contributed by atoms with van der Waals surface area (Å²) in [6.45, 7) is 5.43. The van der Waals surface area contributed by atoms with Gasteiger partial charge < -0.3 is 5.32 Å². The summed E-state index contributed by atoms with van der Waals surface area (Å²) in [4.78, 5) is 0. The largest absolute Gasteiger partial charge is 0.313 e. The van der Waals surface area contributed by atoms with Gasteiger partial charge in [0, 0.05) is 18.7 Å². The number of nitrogens with one attached hydrogen (secondary N) is 1. The third-order valence-electron chi connectivity index (χ3n) is 5.54. The van der Waals surface area contributed by atoms with Gasteiger partial charge in [0.1, 0.15) is 5.15 Å². The summed E-state index contributed by atoms with van der Waals surface area (Å²) < 4.78 is 1.81. The first kappa shape index (κ1) is 15.4. The number of hydrogen-bond acceptors (Lipinski definition) is 2. The molecule has 1 aromatic heterocycles. The Labute approximate surface area is 133 Å². The molecule has 1 aromatic rings. The van der Waals surface area contributed by atoms with Crippen molar-refractivity contribution in [3.8, 4) is 0 Å². The molecule has 118 valence electrons. The second-order valence-electron chi connectivity index (χ2n) is 6.93. The minimum absolute atomic E-state index is 0.582. The fraction of sp³-hybridized carbons (Fsp3) is 0.824. The minimum atomic E-state index is 0.582. The van der Waals surface area contributed by atoms with Gasteiger partial charge >= 0.3 is 0 Å². The molecule has 0 aromatic carbocycles. The van der Waals surface area contributed by atoms with E-state index in [0.29, 0.717) is 6.04 Å². The summed E-state index contributed by atoms with van der Waals surface area (Å²) in [7, 11) is 1.93. The highest BCUT2D eigenvalue weighted by molar-refractivity contribution is 6.30. The van der Waals surface area contributed by atoms with E-state index in [2.05, 4.69) is 24.3 Å². The molecule has 3 rings (SSSR count). The van der Waals surface area contributed by atoms with Gasteiger partial charge in [0.25, 0.3) is 0 Å². The highest BCUT2D eigenvalue weighted by atomic mass is 35.5. The summed E-state index contributed by atoms with van der Waals surface area (Å²) >= 11 is 6.44. The molecule has 1 heterocycles. The van der Waals surface area contributed by atoms with Gasteiger partial charge in [0.15, 0.2) is 0 Å². The number of hydrogen-bond donors (Lipinski definition) is 1. The molecule has 0 aliphatic heterocycles. The van der Waals surface area contributed by atoms with Crippen molar-refractivity contribution in [1.29, 1.82) is 0 Å². The monoisotopic (exact) mass is 309 g/mol. The standard InChI is InChI=1S/C17H28ClN3/c1-4-9-19-15(16-12-7-5-6-8-13(12)16)10-14-11(2)20-21(3)17(14)18/h12-13,15-16,19H,4-10H2,1-3H3. The van der Waals surface area contributed by atoms with Gasteiger partial charge in [-0.05, 0) is 56.9 Å². The van der Waals surface area contributed by atoms with Crippen LogP contribution in [0.1, 0.15) is 50.3 Å². The molecule has 0 spiro atoms. The number of halogens is 1. The van der Waals surface area contributed by atoms with Crippen LogP contribution in [0.4, 0.5) is 0 Å². The minimum Gasteiger partial charge on any atom is -0.313 e. The van der Waals surface area contributed by atoms with Gasteiger partial charge in [0.2, 0.25) is 0 Å². The summed E-state index contributed by atoms with van der Waals surface area (Å²) in [6, 6.07) is 0.582. The zero-order valence-electron chi connectivity index (χ0n) is 13.5. The molecular formula is C17H28ClN3. The predicted molar refractivity (Wildman–Crippen MR) is 87.7 cm³/mol. The van der Waals surface area contributed by atoms with Gasteiger partial charge in [0.05, 0.1) is 5.69 Å². The molecule has 2 aliphatic carbocycles. The van der Waals surface area contributed by atoms with E-state index in [9.17, 15) is 0 Å². The third kappa shape index (κ3) is 3.00. The number of nitrogens with zero attached hydrogens (tertiary/aromatic N) is 2. The van der Waals surface area contributed by atoms with E-state index < -0.39 is 0 Å². The lowest BCUT2D eigenvalue weighted by Crippen LogP contribution is -2.35. The van der Waals surface area contributed by atoms with Crippen molar-refractivity contribution < 1.29 is 0 Å².